The Kier molecular flexibility index (Phi) is 7.62. The molecule has 4 rings (SSSR count). The number of allylic oxidation sites excluding steroid dienone is 1. The van der Waals surface area contributed by atoms with Gasteiger partial charge in [-0.1, -0.05) is 29.2 Å². The fourth-order valence-corrected chi connectivity index (χ4v) is 5.16. The topological polar surface area (TPSA) is 145 Å². The van der Waals surface area contributed by atoms with Gasteiger partial charge in [-0.3, -0.25) is 19.5 Å². The van der Waals surface area contributed by atoms with Crippen LogP contribution in [-0.2, 0) is 9.53 Å². The van der Waals surface area contributed by atoms with E-state index in [0.717, 1.165) is 23.5 Å². The molecule has 0 unspecified atom stereocenters. The van der Waals surface area contributed by atoms with Gasteiger partial charge >= 0.3 is 5.97 Å². The molecule has 0 N–H and O–H groups in total. The van der Waals surface area contributed by atoms with E-state index in [4.69, 9.17) is 14.2 Å². The second-order valence-electron chi connectivity index (χ2n) is 8.13. The van der Waals surface area contributed by atoms with Crippen molar-refractivity contribution in [2.75, 3.05) is 20.3 Å². The van der Waals surface area contributed by atoms with Crippen LogP contribution < -0.4 is 29.5 Å². The molecule has 0 fully saturated rings. The molecular weight excluding hydrogens is 514 g/mol. The van der Waals surface area contributed by atoms with Crippen LogP contribution in [0.2, 0.25) is 0 Å². The summed E-state index contributed by atoms with van der Waals surface area (Å²) >= 11 is 1.00. The molecule has 0 bridgehead atoms. The Morgan fingerprint density at radius 2 is 1.92 bits per heavy atom. The van der Waals surface area contributed by atoms with Crippen LogP contribution in [-0.4, -0.2) is 35.8 Å². The molecule has 1 aliphatic heterocycles. The average Bonchev–Trinajstić information content (AvgIpc) is 3.19. The van der Waals surface area contributed by atoms with Crippen LogP contribution in [0.4, 0.5) is 5.69 Å². The number of nitrogens with zero attached hydrogens (tertiary/aromatic N) is 3. The Bertz CT molecular complexity index is 1620. The maximum Gasteiger partial charge on any atom is 0.338 e. The third kappa shape index (κ3) is 4.90. The number of nitro benzene ring substituents is 1. The van der Waals surface area contributed by atoms with Crippen LogP contribution in [0, 0.1) is 10.1 Å². The van der Waals surface area contributed by atoms with Gasteiger partial charge in [0.2, 0.25) is 0 Å². The Balaban J connectivity index is 1.96. The van der Waals surface area contributed by atoms with E-state index in [-0.39, 0.29) is 40.3 Å². The minimum absolute atomic E-state index is 0.0739. The highest BCUT2D eigenvalue weighted by molar-refractivity contribution is 7.07. The average molecular weight is 539 g/mol. The standard InChI is InChI=1S/C26H25N3O8S/c1-5-36-19-13-17(29(33)34)11-16(23(19)30)12-20-24(31)28-22(15-7-9-18(35-4)10-8-15)21(25(32)37-6-2)14(3)27-26(28)38-20/h7-13,22,30H,5-6H2,1-4H3/p-1/b20-12-/t22-/m1/s1. The summed E-state index contributed by atoms with van der Waals surface area (Å²) in [6, 6.07) is 8.21. The van der Waals surface area contributed by atoms with Crippen LogP contribution in [0.3, 0.4) is 0 Å². The molecule has 0 aliphatic carbocycles. The number of thiazole rings is 1. The van der Waals surface area contributed by atoms with Crippen molar-refractivity contribution in [3.63, 3.8) is 0 Å². The molecule has 0 radical (unpaired) electrons. The summed E-state index contributed by atoms with van der Waals surface area (Å²) in [7, 11) is 1.53. The van der Waals surface area contributed by atoms with Crippen molar-refractivity contribution in [3.8, 4) is 17.2 Å². The minimum Gasteiger partial charge on any atom is -0.870 e. The van der Waals surface area contributed by atoms with Gasteiger partial charge in [-0.05, 0) is 50.1 Å². The number of carbonyl (C=O) groups is 1. The van der Waals surface area contributed by atoms with E-state index >= 15 is 0 Å². The van der Waals surface area contributed by atoms with Gasteiger partial charge in [-0.25, -0.2) is 9.79 Å². The Morgan fingerprint density at radius 1 is 1.21 bits per heavy atom. The maximum atomic E-state index is 13.7. The van der Waals surface area contributed by atoms with E-state index < -0.39 is 28.2 Å². The molecular formula is C26H24N3O8S-. The summed E-state index contributed by atoms with van der Waals surface area (Å²) in [4.78, 5) is 42.3. The third-order valence-corrected chi connectivity index (χ3v) is 6.80. The molecule has 3 aromatic rings. The van der Waals surface area contributed by atoms with E-state index in [1.165, 1.54) is 17.8 Å². The fraction of sp³-hybridized carbons (Fsp3) is 0.269. The molecule has 11 nitrogen and oxygen atoms in total. The minimum atomic E-state index is -0.853. The second-order valence-corrected chi connectivity index (χ2v) is 9.14. The predicted octanol–water partition coefficient (Wildman–Crippen LogP) is 2.19. The number of benzene rings is 2. The van der Waals surface area contributed by atoms with Crippen molar-refractivity contribution in [2.24, 2.45) is 4.99 Å². The smallest absolute Gasteiger partial charge is 0.338 e. The highest BCUT2D eigenvalue weighted by atomic mass is 32.1. The number of hydrogen-bond donors (Lipinski definition) is 0. The lowest BCUT2D eigenvalue weighted by Crippen LogP contribution is -2.39. The first kappa shape index (κ1) is 26.6. The SMILES string of the molecule is CCOC(=O)C1=C(C)N=c2s/c(=C\c3cc([N+](=O)[O-])cc(OCC)c3[O-])c(=O)n2[C@@H]1c1ccc(OC)cc1. The zero-order valence-electron chi connectivity index (χ0n) is 21.0. The van der Waals surface area contributed by atoms with Crippen molar-refractivity contribution < 1.29 is 29.0 Å². The fourth-order valence-electron chi connectivity index (χ4n) is 4.12. The second kappa shape index (κ2) is 10.9. The number of hydrogen-bond acceptors (Lipinski definition) is 10. The van der Waals surface area contributed by atoms with Gasteiger partial charge in [0, 0.05) is 6.07 Å². The van der Waals surface area contributed by atoms with Crippen molar-refractivity contribution in [2.45, 2.75) is 26.8 Å². The van der Waals surface area contributed by atoms with Crippen LogP contribution in [0.25, 0.3) is 6.08 Å². The summed E-state index contributed by atoms with van der Waals surface area (Å²) in [5.41, 5.74) is 0.269. The van der Waals surface area contributed by atoms with Crippen molar-refractivity contribution in [1.82, 2.24) is 4.57 Å². The normalized spacial score (nSPS) is 15.1. The zero-order chi connectivity index (χ0) is 27.6. The molecule has 0 saturated carbocycles. The number of non-ortho nitro benzene ring substituents is 1. The Labute approximate surface area is 220 Å². The van der Waals surface area contributed by atoms with Gasteiger partial charge < -0.3 is 19.3 Å². The van der Waals surface area contributed by atoms with Gasteiger partial charge in [0.25, 0.3) is 11.2 Å². The van der Waals surface area contributed by atoms with Crippen LogP contribution in [0.1, 0.15) is 37.9 Å². The van der Waals surface area contributed by atoms with Crippen molar-refractivity contribution in [1.29, 1.82) is 0 Å². The predicted molar refractivity (Wildman–Crippen MR) is 137 cm³/mol. The third-order valence-electron chi connectivity index (χ3n) is 5.81. The lowest BCUT2D eigenvalue weighted by molar-refractivity contribution is -0.385. The van der Waals surface area contributed by atoms with Crippen LogP contribution in [0.5, 0.6) is 17.2 Å². The molecule has 1 aliphatic rings. The van der Waals surface area contributed by atoms with E-state index in [2.05, 4.69) is 4.99 Å². The van der Waals surface area contributed by atoms with E-state index in [1.54, 1.807) is 45.0 Å². The largest absolute Gasteiger partial charge is 0.870 e. The van der Waals surface area contributed by atoms with Gasteiger partial charge in [0.15, 0.2) is 4.80 Å². The first-order valence-corrected chi connectivity index (χ1v) is 12.5. The highest BCUT2D eigenvalue weighted by Crippen LogP contribution is 2.34. The molecule has 0 saturated heterocycles. The van der Waals surface area contributed by atoms with Crippen LogP contribution in [0.15, 0.2) is 57.5 Å². The van der Waals surface area contributed by atoms with Gasteiger partial charge in [0.1, 0.15) is 11.5 Å². The van der Waals surface area contributed by atoms with E-state index in [9.17, 15) is 24.8 Å². The quantitative estimate of drug-likeness (QED) is 0.241. The molecule has 1 atom stereocenters. The number of aromatic nitrogens is 1. The lowest BCUT2D eigenvalue weighted by atomic mass is 9.96. The van der Waals surface area contributed by atoms with Gasteiger partial charge in [-0.2, -0.15) is 0 Å². The van der Waals surface area contributed by atoms with Gasteiger partial charge in [0.05, 0.1) is 53.2 Å². The molecule has 0 amide bonds. The molecule has 198 valence electrons. The summed E-state index contributed by atoms with van der Waals surface area (Å²) in [5.74, 6) is -0.778. The van der Waals surface area contributed by atoms with Crippen molar-refractivity contribution >= 4 is 29.1 Å². The first-order valence-electron chi connectivity index (χ1n) is 11.7. The Hall–Kier alpha value is -4.45. The summed E-state index contributed by atoms with van der Waals surface area (Å²) in [6.07, 6.45) is 1.29. The Morgan fingerprint density at radius 3 is 2.53 bits per heavy atom. The number of carbonyl (C=O) groups excluding carboxylic acids is 1. The summed E-state index contributed by atoms with van der Waals surface area (Å²) in [6.45, 7) is 5.26. The lowest BCUT2D eigenvalue weighted by Gasteiger charge is -2.24. The number of esters is 1. The first-order chi connectivity index (χ1) is 18.2. The highest BCUT2D eigenvalue weighted by Gasteiger charge is 2.33. The molecule has 0 spiro atoms. The molecule has 2 heterocycles. The number of rotatable bonds is 8. The van der Waals surface area contributed by atoms with Crippen LogP contribution >= 0.6 is 11.3 Å². The number of methoxy groups -OCH3 is 1. The van der Waals surface area contributed by atoms with E-state index in [0.29, 0.717) is 21.8 Å². The summed E-state index contributed by atoms with van der Waals surface area (Å²) < 4.78 is 17.3. The molecule has 1 aromatic heterocycles. The van der Waals surface area contributed by atoms with Crippen molar-refractivity contribution in [3.05, 3.63) is 88.6 Å². The number of fused-ring (bicyclic) bond motifs is 1. The summed E-state index contributed by atoms with van der Waals surface area (Å²) in [5, 5.41) is 24.3. The zero-order valence-corrected chi connectivity index (χ0v) is 21.9. The van der Waals surface area contributed by atoms with E-state index in [1.807, 2.05) is 0 Å². The molecule has 38 heavy (non-hydrogen) atoms. The molecule has 2 aromatic carbocycles. The number of nitro groups is 1. The van der Waals surface area contributed by atoms with Gasteiger partial charge in [-0.15, -0.1) is 0 Å². The molecule has 12 heteroatoms. The monoisotopic (exact) mass is 538 g/mol. The maximum absolute atomic E-state index is 13.7. The number of ether oxygens (including phenoxy) is 3.